The largest absolute Gasteiger partial charge is 0.384 e. The summed E-state index contributed by atoms with van der Waals surface area (Å²) in [5.74, 6) is 0.0738. The molecule has 4 nitrogen and oxygen atoms in total. The Labute approximate surface area is 98.8 Å². The van der Waals surface area contributed by atoms with Gasteiger partial charge in [-0.2, -0.15) is 0 Å². The maximum Gasteiger partial charge on any atom is 0.117 e. The van der Waals surface area contributed by atoms with Gasteiger partial charge in [0.25, 0.3) is 0 Å². The first kappa shape index (κ1) is 15.0. The molecule has 0 rings (SSSR count). The minimum absolute atomic E-state index is 0.0488. The van der Waals surface area contributed by atoms with Crippen LogP contribution in [0.4, 0.5) is 0 Å². The third-order valence-corrected chi connectivity index (χ3v) is 2.33. The van der Waals surface area contributed by atoms with Gasteiger partial charge in [0, 0.05) is 24.3 Å². The van der Waals surface area contributed by atoms with Crippen molar-refractivity contribution in [3.63, 3.8) is 0 Å². The Hall–Kier alpha value is -1.03. The Morgan fingerprint density at radius 1 is 1.50 bits per heavy atom. The van der Waals surface area contributed by atoms with Gasteiger partial charge in [-0.25, -0.2) is 0 Å². The van der Waals surface area contributed by atoms with E-state index in [-0.39, 0.29) is 17.3 Å². The second kappa shape index (κ2) is 6.53. The Morgan fingerprint density at radius 3 is 2.38 bits per heavy atom. The standard InChI is InChI=1S/C12H25N3O/c1-6-9(8-16-5)15-10(7-11(13)14)12(2,3)4/h7,9,15H,6,8H2,1-5H3,(H3,13,14)/b10-7-. The highest BCUT2D eigenvalue weighted by Gasteiger charge is 2.19. The lowest BCUT2D eigenvalue weighted by molar-refractivity contribution is 0.165. The van der Waals surface area contributed by atoms with Gasteiger partial charge in [-0.05, 0) is 12.5 Å². The number of amidine groups is 1. The minimum Gasteiger partial charge on any atom is -0.384 e. The summed E-state index contributed by atoms with van der Waals surface area (Å²) in [6.07, 6.45) is 2.65. The number of ether oxygens (including phenoxy) is 1. The van der Waals surface area contributed by atoms with Gasteiger partial charge in [0.2, 0.25) is 0 Å². The lowest BCUT2D eigenvalue weighted by atomic mass is 9.90. The quantitative estimate of drug-likeness (QED) is 0.479. The second-order valence-electron chi connectivity index (χ2n) is 4.97. The van der Waals surface area contributed by atoms with Crippen LogP contribution in [0.15, 0.2) is 11.8 Å². The third kappa shape index (κ3) is 5.75. The second-order valence-corrected chi connectivity index (χ2v) is 4.97. The van der Waals surface area contributed by atoms with Gasteiger partial charge in [-0.15, -0.1) is 0 Å². The van der Waals surface area contributed by atoms with Crippen molar-refractivity contribution in [1.82, 2.24) is 5.32 Å². The van der Waals surface area contributed by atoms with Crippen LogP contribution in [-0.2, 0) is 4.74 Å². The van der Waals surface area contributed by atoms with Gasteiger partial charge in [0.15, 0.2) is 0 Å². The van der Waals surface area contributed by atoms with Crippen molar-refractivity contribution >= 4 is 5.84 Å². The summed E-state index contributed by atoms with van der Waals surface area (Å²) in [5.41, 5.74) is 6.34. The van der Waals surface area contributed by atoms with Crippen LogP contribution in [0, 0.1) is 10.8 Å². The van der Waals surface area contributed by atoms with Crippen LogP contribution in [0.25, 0.3) is 0 Å². The van der Waals surface area contributed by atoms with Gasteiger partial charge >= 0.3 is 0 Å². The summed E-state index contributed by atoms with van der Waals surface area (Å²) < 4.78 is 5.14. The molecule has 0 aromatic rings. The molecule has 0 saturated carbocycles. The number of hydrogen-bond acceptors (Lipinski definition) is 3. The van der Waals surface area contributed by atoms with E-state index >= 15 is 0 Å². The number of hydrogen-bond donors (Lipinski definition) is 3. The van der Waals surface area contributed by atoms with Crippen LogP contribution < -0.4 is 11.1 Å². The first-order valence-corrected chi connectivity index (χ1v) is 5.63. The Balaban J connectivity index is 4.73. The predicted octanol–water partition coefficient (Wildman–Crippen LogP) is 1.87. The molecule has 0 amide bonds. The van der Waals surface area contributed by atoms with Crippen molar-refractivity contribution in [3.05, 3.63) is 11.8 Å². The fraction of sp³-hybridized carbons (Fsp3) is 0.750. The normalized spacial score (nSPS) is 14.7. The van der Waals surface area contributed by atoms with Crippen LogP contribution in [0.3, 0.4) is 0 Å². The highest BCUT2D eigenvalue weighted by molar-refractivity contribution is 5.89. The number of nitrogens with one attached hydrogen (secondary N) is 2. The van der Waals surface area contributed by atoms with E-state index in [9.17, 15) is 0 Å². The van der Waals surface area contributed by atoms with E-state index in [0.29, 0.717) is 6.61 Å². The number of allylic oxidation sites excluding steroid dienone is 1. The van der Waals surface area contributed by atoms with Gasteiger partial charge < -0.3 is 15.8 Å². The Kier molecular flexibility index (Phi) is 6.11. The van der Waals surface area contributed by atoms with Crippen LogP contribution in [0.1, 0.15) is 34.1 Å². The van der Waals surface area contributed by atoms with E-state index in [1.165, 1.54) is 0 Å². The van der Waals surface area contributed by atoms with Crippen LogP contribution in [-0.4, -0.2) is 25.6 Å². The molecule has 0 aromatic carbocycles. The van der Waals surface area contributed by atoms with Gasteiger partial charge in [-0.1, -0.05) is 27.7 Å². The van der Waals surface area contributed by atoms with Crippen molar-refractivity contribution < 1.29 is 4.74 Å². The van der Waals surface area contributed by atoms with Gasteiger partial charge in [-0.3, -0.25) is 5.41 Å². The average molecular weight is 227 g/mol. The highest BCUT2D eigenvalue weighted by atomic mass is 16.5. The molecular weight excluding hydrogens is 202 g/mol. The number of methoxy groups -OCH3 is 1. The number of rotatable bonds is 6. The smallest absolute Gasteiger partial charge is 0.117 e. The maximum absolute atomic E-state index is 7.34. The van der Waals surface area contributed by atoms with Crippen molar-refractivity contribution in [2.75, 3.05) is 13.7 Å². The average Bonchev–Trinajstić information content (AvgIpc) is 2.13. The molecule has 0 fully saturated rings. The SMILES string of the molecule is CCC(COC)N/C(=C\C(=N)N)C(C)(C)C. The van der Waals surface area contributed by atoms with Crippen LogP contribution >= 0.6 is 0 Å². The lowest BCUT2D eigenvalue weighted by Crippen LogP contribution is -2.37. The minimum atomic E-state index is -0.0488. The number of nitrogens with two attached hydrogens (primary N) is 1. The fourth-order valence-electron chi connectivity index (χ4n) is 1.31. The molecule has 1 atom stereocenters. The first-order chi connectivity index (χ1) is 7.31. The van der Waals surface area contributed by atoms with Crippen molar-refractivity contribution in [3.8, 4) is 0 Å². The molecule has 94 valence electrons. The summed E-state index contributed by atoms with van der Waals surface area (Å²) in [7, 11) is 1.69. The molecule has 16 heavy (non-hydrogen) atoms. The molecule has 0 aliphatic rings. The zero-order valence-electron chi connectivity index (χ0n) is 11.1. The van der Waals surface area contributed by atoms with Crippen LogP contribution in [0.5, 0.6) is 0 Å². The van der Waals surface area contributed by atoms with Crippen molar-refractivity contribution in [1.29, 1.82) is 5.41 Å². The summed E-state index contributed by atoms with van der Waals surface area (Å²) in [6.45, 7) is 9.03. The Bertz CT molecular complexity index is 253. The van der Waals surface area contributed by atoms with Gasteiger partial charge in [0.1, 0.15) is 5.84 Å². The third-order valence-electron chi connectivity index (χ3n) is 2.33. The zero-order valence-corrected chi connectivity index (χ0v) is 11.1. The molecule has 0 aromatic heterocycles. The molecular formula is C12H25N3O. The van der Waals surface area contributed by atoms with E-state index < -0.39 is 0 Å². The zero-order chi connectivity index (χ0) is 12.8. The monoisotopic (exact) mass is 227 g/mol. The molecule has 1 unspecified atom stereocenters. The van der Waals surface area contributed by atoms with E-state index in [1.54, 1.807) is 13.2 Å². The summed E-state index contributed by atoms with van der Waals surface area (Å²) in [5, 5.41) is 10.7. The van der Waals surface area contributed by atoms with E-state index in [0.717, 1.165) is 12.1 Å². The predicted molar refractivity (Wildman–Crippen MR) is 68.5 cm³/mol. The summed E-state index contributed by atoms with van der Waals surface area (Å²) >= 11 is 0. The lowest BCUT2D eigenvalue weighted by Gasteiger charge is -2.28. The molecule has 0 aliphatic carbocycles. The molecule has 4 N–H and O–H groups in total. The topological polar surface area (TPSA) is 71.1 Å². The molecule has 0 bridgehead atoms. The molecule has 0 heterocycles. The summed E-state index contributed by atoms with van der Waals surface area (Å²) in [6, 6.07) is 0.259. The van der Waals surface area contributed by atoms with Crippen LogP contribution in [0.2, 0.25) is 0 Å². The molecule has 0 aliphatic heterocycles. The summed E-state index contributed by atoms with van der Waals surface area (Å²) in [4.78, 5) is 0. The maximum atomic E-state index is 7.34. The molecule has 4 heteroatoms. The molecule has 0 saturated heterocycles. The highest BCUT2D eigenvalue weighted by Crippen LogP contribution is 2.23. The van der Waals surface area contributed by atoms with Crippen molar-refractivity contribution in [2.45, 2.75) is 40.2 Å². The van der Waals surface area contributed by atoms with E-state index in [1.807, 2.05) is 0 Å². The molecule has 0 spiro atoms. The van der Waals surface area contributed by atoms with E-state index in [2.05, 4.69) is 33.0 Å². The fourth-order valence-corrected chi connectivity index (χ4v) is 1.31. The Morgan fingerprint density at radius 2 is 2.06 bits per heavy atom. The van der Waals surface area contributed by atoms with E-state index in [4.69, 9.17) is 15.9 Å². The van der Waals surface area contributed by atoms with Crippen molar-refractivity contribution in [2.24, 2.45) is 11.1 Å². The first-order valence-electron chi connectivity index (χ1n) is 5.63. The molecule has 0 radical (unpaired) electrons. The van der Waals surface area contributed by atoms with Gasteiger partial charge in [0.05, 0.1) is 6.61 Å².